The molecule has 0 fully saturated rings. The second-order valence-corrected chi connectivity index (χ2v) is 15.7. The minimum atomic E-state index is 0.541. The fourth-order valence-electron chi connectivity index (χ4n) is 8.93. The lowest BCUT2D eigenvalue weighted by molar-refractivity contribution is 0.524. The lowest BCUT2D eigenvalue weighted by Gasteiger charge is -2.12. The molecule has 12 aromatic rings. The van der Waals surface area contributed by atoms with Crippen LogP contribution in [-0.4, -0.2) is 0 Å². The monoisotopic (exact) mass is 764 g/mol. The van der Waals surface area contributed by atoms with Crippen molar-refractivity contribution in [2.75, 3.05) is 0 Å². The van der Waals surface area contributed by atoms with E-state index in [0.29, 0.717) is 5.78 Å². The highest BCUT2D eigenvalue weighted by Crippen LogP contribution is 2.42. The van der Waals surface area contributed by atoms with Crippen LogP contribution in [0.3, 0.4) is 0 Å². The molecular weight excluding hydrogens is 729 g/mol. The molecule has 0 saturated carbocycles. The van der Waals surface area contributed by atoms with Crippen LogP contribution in [0.15, 0.2) is 227 Å². The van der Waals surface area contributed by atoms with Gasteiger partial charge in [-0.05, 0) is 161 Å². The first-order chi connectivity index (χ1) is 29.7. The highest BCUT2D eigenvalue weighted by atomic mass is 16.5. The summed E-state index contributed by atoms with van der Waals surface area (Å²) in [4.78, 5) is 0. The number of benzene rings is 10. The Bertz CT molecular complexity index is 3350. The van der Waals surface area contributed by atoms with Crippen molar-refractivity contribution < 1.29 is 8.83 Å². The summed E-state index contributed by atoms with van der Waals surface area (Å²) in [5, 5.41) is 7.99. The fraction of sp³-hybridized carbons (Fsp3) is 0. The molecule has 0 spiro atoms. The zero-order valence-electron chi connectivity index (χ0n) is 32.6. The first kappa shape index (κ1) is 34.1. The highest BCUT2D eigenvalue weighted by molar-refractivity contribution is 6.18. The molecule has 0 aliphatic rings. The smallest absolute Gasteiger partial charge is 0.299 e. The maximum atomic E-state index is 6.42. The standard InChI is InChI=1S/C58H36O2/c1-3-11-37(12-4-1)47-29-49(43-21-19-39-15-7-9-17-41(39)27-43)33-51(31-47)45-23-25-55-53(35-45)57-54-36-46(24-26-56(54)60-58(57)59-55)52-32-48(38-13-5-2-6-14-38)30-50(34-52)44-22-20-40-16-8-10-18-42(40)28-44/h1-36H. The Hall–Kier alpha value is -7.94. The van der Waals surface area contributed by atoms with Crippen LogP contribution in [0.2, 0.25) is 0 Å². The summed E-state index contributed by atoms with van der Waals surface area (Å²) in [5.41, 5.74) is 15.6. The van der Waals surface area contributed by atoms with Crippen molar-refractivity contribution in [1.82, 2.24) is 0 Å². The van der Waals surface area contributed by atoms with Gasteiger partial charge in [-0.3, -0.25) is 0 Å². The number of rotatable bonds is 6. The molecule has 2 aromatic heterocycles. The van der Waals surface area contributed by atoms with E-state index in [-0.39, 0.29) is 0 Å². The second kappa shape index (κ2) is 13.9. The van der Waals surface area contributed by atoms with Crippen molar-refractivity contribution in [2.24, 2.45) is 0 Å². The number of hydrogen-bond acceptors (Lipinski definition) is 2. The molecule has 0 saturated heterocycles. The summed E-state index contributed by atoms with van der Waals surface area (Å²) in [7, 11) is 0. The van der Waals surface area contributed by atoms with Crippen molar-refractivity contribution in [3.05, 3.63) is 218 Å². The second-order valence-electron chi connectivity index (χ2n) is 15.7. The van der Waals surface area contributed by atoms with Gasteiger partial charge < -0.3 is 8.83 Å². The van der Waals surface area contributed by atoms with Gasteiger partial charge in [-0.2, -0.15) is 0 Å². The van der Waals surface area contributed by atoms with Crippen LogP contribution in [0.5, 0.6) is 0 Å². The first-order valence-electron chi connectivity index (χ1n) is 20.5. The lowest BCUT2D eigenvalue weighted by Crippen LogP contribution is -1.87. The highest BCUT2D eigenvalue weighted by Gasteiger charge is 2.19. The average Bonchev–Trinajstić information content (AvgIpc) is 3.87. The molecule has 2 heteroatoms. The molecule has 2 heterocycles. The molecule has 0 aliphatic heterocycles. The van der Waals surface area contributed by atoms with E-state index >= 15 is 0 Å². The summed E-state index contributed by atoms with van der Waals surface area (Å²) in [6.45, 7) is 0. The van der Waals surface area contributed by atoms with Gasteiger partial charge in [0.15, 0.2) is 0 Å². The third kappa shape index (κ3) is 5.97. The third-order valence-corrected chi connectivity index (χ3v) is 12.0. The van der Waals surface area contributed by atoms with Crippen LogP contribution < -0.4 is 0 Å². The van der Waals surface area contributed by atoms with Crippen molar-refractivity contribution in [2.45, 2.75) is 0 Å². The van der Waals surface area contributed by atoms with E-state index in [2.05, 4.69) is 218 Å². The van der Waals surface area contributed by atoms with Gasteiger partial charge in [0.1, 0.15) is 11.2 Å². The van der Waals surface area contributed by atoms with Gasteiger partial charge in [-0.15, -0.1) is 0 Å². The Kier molecular flexibility index (Phi) is 7.89. The van der Waals surface area contributed by atoms with Gasteiger partial charge in [-0.1, -0.05) is 146 Å². The van der Waals surface area contributed by atoms with E-state index in [1.807, 2.05) is 0 Å². The number of hydrogen-bond donors (Lipinski definition) is 0. The Labute approximate surface area is 347 Å². The van der Waals surface area contributed by atoms with E-state index in [4.69, 9.17) is 8.83 Å². The van der Waals surface area contributed by atoms with E-state index in [0.717, 1.165) is 49.6 Å². The Morgan fingerprint density at radius 2 is 0.550 bits per heavy atom. The van der Waals surface area contributed by atoms with Gasteiger partial charge in [0.25, 0.3) is 5.78 Å². The summed E-state index contributed by atoms with van der Waals surface area (Å²) in [6.07, 6.45) is 0. The van der Waals surface area contributed by atoms with Gasteiger partial charge in [0.05, 0.1) is 5.39 Å². The molecule has 0 amide bonds. The maximum absolute atomic E-state index is 6.42. The summed E-state index contributed by atoms with van der Waals surface area (Å²) < 4.78 is 12.8. The van der Waals surface area contributed by atoms with E-state index < -0.39 is 0 Å². The molecule has 60 heavy (non-hydrogen) atoms. The Morgan fingerprint density at radius 3 is 0.967 bits per heavy atom. The maximum Gasteiger partial charge on any atom is 0.299 e. The molecule has 0 radical (unpaired) electrons. The molecule has 12 rings (SSSR count). The average molecular weight is 765 g/mol. The normalized spacial score (nSPS) is 11.7. The molecule has 10 aromatic carbocycles. The molecular formula is C58H36O2. The minimum absolute atomic E-state index is 0.541. The predicted octanol–water partition coefficient (Wildman–Crippen LogP) is 16.6. The van der Waals surface area contributed by atoms with Crippen LogP contribution in [0.25, 0.3) is 121 Å². The van der Waals surface area contributed by atoms with Gasteiger partial charge in [0.2, 0.25) is 0 Å². The van der Waals surface area contributed by atoms with Crippen LogP contribution in [0, 0.1) is 0 Å². The van der Waals surface area contributed by atoms with Crippen molar-refractivity contribution in [3.8, 4) is 66.8 Å². The van der Waals surface area contributed by atoms with Gasteiger partial charge in [0, 0.05) is 10.8 Å². The molecule has 0 atom stereocenters. The van der Waals surface area contributed by atoms with Crippen molar-refractivity contribution in [3.63, 3.8) is 0 Å². The van der Waals surface area contributed by atoms with Crippen molar-refractivity contribution in [1.29, 1.82) is 0 Å². The molecule has 0 unspecified atom stereocenters. The summed E-state index contributed by atoms with van der Waals surface area (Å²) in [5.74, 6) is 0.541. The Balaban J connectivity index is 1.01. The van der Waals surface area contributed by atoms with Crippen molar-refractivity contribution >= 4 is 54.6 Å². The van der Waals surface area contributed by atoms with E-state index in [1.165, 1.54) is 66.1 Å². The van der Waals surface area contributed by atoms with E-state index in [1.54, 1.807) is 0 Å². The van der Waals surface area contributed by atoms with E-state index in [9.17, 15) is 0 Å². The molecule has 280 valence electrons. The fourth-order valence-corrected chi connectivity index (χ4v) is 8.93. The summed E-state index contributed by atoms with van der Waals surface area (Å²) >= 11 is 0. The minimum Gasteiger partial charge on any atom is -0.425 e. The first-order valence-corrected chi connectivity index (χ1v) is 20.5. The topological polar surface area (TPSA) is 26.3 Å². The van der Waals surface area contributed by atoms with Gasteiger partial charge in [-0.25, -0.2) is 0 Å². The third-order valence-electron chi connectivity index (χ3n) is 12.0. The van der Waals surface area contributed by atoms with Crippen LogP contribution in [0.4, 0.5) is 0 Å². The Morgan fingerprint density at radius 1 is 0.217 bits per heavy atom. The zero-order chi connectivity index (χ0) is 39.6. The molecule has 0 aliphatic carbocycles. The van der Waals surface area contributed by atoms with Gasteiger partial charge >= 0.3 is 0 Å². The summed E-state index contributed by atoms with van der Waals surface area (Å²) in [6, 6.07) is 78.7. The number of furan rings is 2. The molecule has 2 nitrogen and oxygen atoms in total. The predicted molar refractivity (Wildman–Crippen MR) is 251 cm³/mol. The number of fused-ring (bicyclic) bond motifs is 7. The van der Waals surface area contributed by atoms with Crippen LogP contribution >= 0.6 is 0 Å². The molecule has 0 bridgehead atoms. The molecule has 0 N–H and O–H groups in total. The zero-order valence-corrected chi connectivity index (χ0v) is 32.6. The quantitative estimate of drug-likeness (QED) is 0.169. The van der Waals surface area contributed by atoms with Crippen LogP contribution in [0.1, 0.15) is 0 Å². The largest absolute Gasteiger partial charge is 0.425 e. The SMILES string of the molecule is c1ccc(-c2cc(-c3ccc4ccccc4c3)cc(-c3ccc4oc5oc6ccc(-c7cc(-c8ccccc8)cc(-c8ccc9ccccc9c8)c7)cc6c5c4c3)c2)cc1. The lowest BCUT2D eigenvalue weighted by atomic mass is 9.91. The van der Waals surface area contributed by atoms with Crippen LogP contribution in [-0.2, 0) is 0 Å².